The van der Waals surface area contributed by atoms with Crippen molar-refractivity contribution in [1.29, 1.82) is 0 Å². The molecule has 6 N–H and O–H groups in total. The van der Waals surface area contributed by atoms with Crippen LogP contribution in [0.25, 0.3) is 0 Å². The number of carboxylic acids is 3. The Morgan fingerprint density at radius 2 is 0.680 bits per heavy atom. The average molecular weight is 404 g/mol. The summed E-state index contributed by atoms with van der Waals surface area (Å²) in [5, 5.41) is 29.7. The van der Waals surface area contributed by atoms with Crippen LogP contribution in [0.3, 0.4) is 0 Å². The van der Waals surface area contributed by atoms with Crippen molar-refractivity contribution in [3.8, 4) is 0 Å². The van der Waals surface area contributed by atoms with E-state index < -0.39 is 36.0 Å². The zero-order valence-electron chi connectivity index (χ0n) is 15.5. The maximum Gasteiger partial charge on any atom is 3.00 e. The third-order valence-corrected chi connectivity index (χ3v) is 2.97. The summed E-state index contributed by atoms with van der Waals surface area (Å²) in [4.78, 5) is 29.7. The molecular weight excluding hydrogens is 374 g/mol. The Morgan fingerprint density at radius 1 is 0.560 bits per heavy atom. The number of carbonyl (C=O) groups is 3. The first-order valence-corrected chi connectivity index (χ1v) is 7.55. The molecule has 0 aromatic heterocycles. The van der Waals surface area contributed by atoms with Crippen LogP contribution in [-0.4, -0.2) is 36.0 Å². The van der Waals surface area contributed by atoms with Gasteiger partial charge in [0, 0.05) is 18.1 Å². The van der Waals surface area contributed by atoms with Crippen LogP contribution in [0.1, 0.15) is 41.5 Å². The SMILES string of the molecule is CC(C)[C@H](N)C(=O)[O-].CC(C)[C@H](N)C(=O)[O-].CC(C)[C@H](N)C(=O)[O-].[Fe+3]. The molecule has 149 valence electrons. The number of hydrogen-bond donors (Lipinski definition) is 3. The second kappa shape index (κ2) is 16.3. The molecule has 3 atom stereocenters. The van der Waals surface area contributed by atoms with E-state index in [4.69, 9.17) is 17.2 Å². The first-order valence-electron chi connectivity index (χ1n) is 7.55. The van der Waals surface area contributed by atoms with Crippen LogP contribution in [0.2, 0.25) is 0 Å². The third kappa shape index (κ3) is 19.0. The van der Waals surface area contributed by atoms with E-state index in [0.717, 1.165) is 0 Å². The second-order valence-electron chi connectivity index (χ2n) is 6.27. The van der Waals surface area contributed by atoms with Crippen LogP contribution in [0.15, 0.2) is 0 Å². The van der Waals surface area contributed by atoms with Gasteiger partial charge >= 0.3 is 17.1 Å². The minimum Gasteiger partial charge on any atom is -0.548 e. The third-order valence-electron chi connectivity index (χ3n) is 2.97. The predicted octanol–water partition coefficient (Wildman–Crippen LogP) is -3.84. The van der Waals surface area contributed by atoms with Crippen molar-refractivity contribution in [1.82, 2.24) is 0 Å². The van der Waals surface area contributed by atoms with E-state index in [9.17, 15) is 29.7 Å². The van der Waals surface area contributed by atoms with E-state index in [2.05, 4.69) is 0 Å². The van der Waals surface area contributed by atoms with Gasteiger partial charge in [-0.05, 0) is 17.8 Å². The summed E-state index contributed by atoms with van der Waals surface area (Å²) in [7, 11) is 0. The van der Waals surface area contributed by atoms with Crippen molar-refractivity contribution >= 4 is 17.9 Å². The Balaban J connectivity index is -0.000000130. The standard InChI is InChI=1S/3C5H11NO2.Fe/c3*1-3(2)4(6)5(7)8;/h3*3-4H,6H2,1-2H3,(H,7,8);/q;;;+3/p-3/t3*4-;/m000./s1. The van der Waals surface area contributed by atoms with Gasteiger partial charge in [-0.3, -0.25) is 0 Å². The molecule has 0 bridgehead atoms. The summed E-state index contributed by atoms with van der Waals surface area (Å²) in [5.41, 5.74) is 15.3. The van der Waals surface area contributed by atoms with Crippen molar-refractivity contribution in [2.45, 2.75) is 59.7 Å². The van der Waals surface area contributed by atoms with Crippen LogP contribution < -0.4 is 32.5 Å². The zero-order valence-corrected chi connectivity index (χ0v) is 16.6. The topological polar surface area (TPSA) is 198 Å². The van der Waals surface area contributed by atoms with E-state index in [1.165, 1.54) is 0 Å². The molecule has 1 radical (unpaired) electrons. The largest absolute Gasteiger partial charge is 3.00 e. The van der Waals surface area contributed by atoms with Gasteiger partial charge in [-0.15, -0.1) is 0 Å². The number of aliphatic carboxylic acids is 3. The van der Waals surface area contributed by atoms with Gasteiger partial charge < -0.3 is 46.9 Å². The number of hydrogen-bond acceptors (Lipinski definition) is 9. The molecule has 9 nitrogen and oxygen atoms in total. The molecule has 0 aromatic rings. The molecule has 0 spiro atoms. The molecule has 0 aromatic carbocycles. The van der Waals surface area contributed by atoms with Crippen LogP contribution in [0, 0.1) is 17.8 Å². The quantitative estimate of drug-likeness (QED) is 0.371. The normalized spacial score (nSPS) is 13.4. The molecule has 0 saturated carbocycles. The molecule has 10 heteroatoms. The van der Waals surface area contributed by atoms with Crippen LogP contribution >= 0.6 is 0 Å². The summed E-state index contributed by atoms with van der Waals surface area (Å²) in [6.45, 7) is 10.4. The fourth-order valence-corrected chi connectivity index (χ4v) is 0.816. The van der Waals surface area contributed by atoms with E-state index in [1.807, 2.05) is 0 Å². The summed E-state index contributed by atoms with van der Waals surface area (Å²) < 4.78 is 0. The molecular formula is C15H30FeN3O6. The second-order valence-corrected chi connectivity index (χ2v) is 6.27. The molecule has 25 heavy (non-hydrogen) atoms. The van der Waals surface area contributed by atoms with Crippen molar-refractivity contribution < 1.29 is 46.8 Å². The first kappa shape index (κ1) is 31.6. The monoisotopic (exact) mass is 404 g/mol. The molecule has 0 rings (SSSR count). The number of rotatable bonds is 6. The van der Waals surface area contributed by atoms with E-state index >= 15 is 0 Å². The molecule has 0 heterocycles. The van der Waals surface area contributed by atoms with Gasteiger partial charge in [0.05, 0.1) is 17.9 Å². The molecule has 0 aliphatic heterocycles. The fraction of sp³-hybridized carbons (Fsp3) is 0.800. The molecule has 0 saturated heterocycles. The molecule has 0 unspecified atom stereocenters. The van der Waals surface area contributed by atoms with Gasteiger partial charge in [0.1, 0.15) is 0 Å². The summed E-state index contributed by atoms with van der Waals surface area (Å²) in [5.74, 6) is -3.67. The average Bonchev–Trinajstić information content (AvgIpc) is 2.45. The first-order chi connectivity index (χ1) is 10.7. The number of carbonyl (C=O) groups excluding carboxylic acids is 3. The van der Waals surface area contributed by atoms with Gasteiger partial charge in [0.15, 0.2) is 0 Å². The zero-order chi connectivity index (χ0) is 20.2. The Bertz CT molecular complexity index is 334. The maximum absolute atomic E-state index is 9.90. The van der Waals surface area contributed by atoms with Gasteiger partial charge in [0.25, 0.3) is 0 Å². The van der Waals surface area contributed by atoms with Gasteiger partial charge in [-0.25, -0.2) is 0 Å². The minimum absolute atomic E-state index is 0. The van der Waals surface area contributed by atoms with E-state index in [-0.39, 0.29) is 34.8 Å². The minimum atomic E-state index is -1.18. The molecule has 0 amide bonds. The Kier molecular flexibility index (Phi) is 20.6. The summed E-state index contributed by atoms with van der Waals surface area (Å²) in [6.07, 6.45) is 0. The Labute approximate surface area is 159 Å². The predicted molar refractivity (Wildman–Crippen MR) is 83.5 cm³/mol. The van der Waals surface area contributed by atoms with Crippen molar-refractivity contribution in [2.75, 3.05) is 0 Å². The van der Waals surface area contributed by atoms with Crippen LogP contribution in [0.5, 0.6) is 0 Å². The van der Waals surface area contributed by atoms with Crippen molar-refractivity contribution in [2.24, 2.45) is 35.0 Å². The fourth-order valence-electron chi connectivity index (χ4n) is 0.816. The van der Waals surface area contributed by atoms with Crippen molar-refractivity contribution in [3.05, 3.63) is 0 Å². The van der Waals surface area contributed by atoms with Gasteiger partial charge in [-0.1, -0.05) is 41.5 Å². The molecule has 0 fully saturated rings. The summed E-state index contributed by atoms with van der Waals surface area (Å²) in [6, 6.07) is -2.47. The Morgan fingerprint density at radius 3 is 0.680 bits per heavy atom. The number of carboxylic acid groups (broad SMARTS) is 3. The van der Waals surface area contributed by atoms with E-state index in [0.29, 0.717) is 0 Å². The molecule has 0 aliphatic carbocycles. The van der Waals surface area contributed by atoms with Gasteiger partial charge in [-0.2, -0.15) is 0 Å². The Hall–Kier alpha value is -1.19. The number of nitrogens with two attached hydrogens (primary N) is 3. The van der Waals surface area contributed by atoms with Gasteiger partial charge in [0.2, 0.25) is 0 Å². The van der Waals surface area contributed by atoms with Crippen molar-refractivity contribution in [3.63, 3.8) is 0 Å². The van der Waals surface area contributed by atoms with Crippen LogP contribution in [-0.2, 0) is 31.5 Å². The summed E-state index contributed by atoms with van der Waals surface area (Å²) >= 11 is 0. The molecule has 0 aliphatic rings. The van der Waals surface area contributed by atoms with Crippen LogP contribution in [0.4, 0.5) is 0 Å². The van der Waals surface area contributed by atoms with E-state index in [1.54, 1.807) is 41.5 Å². The smallest absolute Gasteiger partial charge is 0.548 e. The maximum atomic E-state index is 9.90.